The van der Waals surface area contributed by atoms with E-state index < -0.39 is 0 Å². The summed E-state index contributed by atoms with van der Waals surface area (Å²) in [7, 11) is 2.03. The fraction of sp³-hybridized carbons (Fsp3) is 0.154. The second kappa shape index (κ2) is 4.13. The zero-order valence-corrected chi connectivity index (χ0v) is 9.01. The number of anilines is 2. The Bertz CT molecular complexity index is 437. The second-order valence-corrected chi connectivity index (χ2v) is 3.53. The van der Waals surface area contributed by atoms with Crippen LogP contribution in [0.5, 0.6) is 0 Å². The molecule has 0 bridgehead atoms. The van der Waals surface area contributed by atoms with Gasteiger partial charge >= 0.3 is 0 Å². The molecule has 0 spiro atoms. The highest BCUT2D eigenvalue weighted by Gasteiger charge is 2.05. The number of aryl methyl sites for hydroxylation is 1. The molecule has 0 saturated heterocycles. The molecule has 0 aliphatic rings. The molecular formula is C13H14N2. The van der Waals surface area contributed by atoms with Gasteiger partial charge in [-0.25, -0.2) is 4.98 Å². The van der Waals surface area contributed by atoms with Crippen LogP contribution in [0.3, 0.4) is 0 Å². The minimum absolute atomic E-state index is 0.965. The van der Waals surface area contributed by atoms with E-state index in [0.717, 1.165) is 5.82 Å². The number of rotatable bonds is 2. The first-order chi connectivity index (χ1) is 7.29. The third-order valence-electron chi connectivity index (χ3n) is 2.47. The third-order valence-corrected chi connectivity index (χ3v) is 2.47. The molecule has 0 atom stereocenters. The van der Waals surface area contributed by atoms with Crippen LogP contribution in [0.4, 0.5) is 11.5 Å². The van der Waals surface area contributed by atoms with E-state index in [0.29, 0.717) is 0 Å². The van der Waals surface area contributed by atoms with Crippen molar-refractivity contribution in [2.45, 2.75) is 6.92 Å². The van der Waals surface area contributed by atoms with Crippen molar-refractivity contribution in [1.82, 2.24) is 4.98 Å². The van der Waals surface area contributed by atoms with Crippen molar-refractivity contribution in [1.29, 1.82) is 0 Å². The SMILES string of the molecule is Cc1ccccc1N(C)c1ccccn1. The average molecular weight is 198 g/mol. The molecule has 0 aliphatic heterocycles. The molecule has 0 radical (unpaired) electrons. The van der Waals surface area contributed by atoms with Crippen LogP contribution in [0, 0.1) is 6.92 Å². The van der Waals surface area contributed by atoms with Crippen molar-refractivity contribution in [2.24, 2.45) is 0 Å². The second-order valence-electron chi connectivity index (χ2n) is 3.53. The van der Waals surface area contributed by atoms with Gasteiger partial charge in [0.05, 0.1) is 0 Å². The zero-order valence-electron chi connectivity index (χ0n) is 9.01. The third kappa shape index (κ3) is 1.99. The summed E-state index contributed by atoms with van der Waals surface area (Å²) in [6.07, 6.45) is 1.81. The highest BCUT2D eigenvalue weighted by Crippen LogP contribution is 2.24. The van der Waals surface area contributed by atoms with Gasteiger partial charge < -0.3 is 4.90 Å². The number of hydrogen-bond donors (Lipinski definition) is 0. The van der Waals surface area contributed by atoms with Crippen molar-refractivity contribution >= 4 is 11.5 Å². The fourth-order valence-corrected chi connectivity index (χ4v) is 1.62. The monoisotopic (exact) mass is 198 g/mol. The largest absolute Gasteiger partial charge is 0.329 e. The molecule has 76 valence electrons. The van der Waals surface area contributed by atoms with Crippen LogP contribution in [0.1, 0.15) is 5.56 Å². The van der Waals surface area contributed by atoms with Crippen molar-refractivity contribution in [3.8, 4) is 0 Å². The Hall–Kier alpha value is -1.83. The summed E-state index contributed by atoms with van der Waals surface area (Å²) in [4.78, 5) is 6.41. The van der Waals surface area contributed by atoms with Gasteiger partial charge in [-0.2, -0.15) is 0 Å². The molecule has 0 aliphatic carbocycles. The Morgan fingerprint density at radius 2 is 1.73 bits per heavy atom. The number of benzene rings is 1. The summed E-state index contributed by atoms with van der Waals surface area (Å²) >= 11 is 0. The summed E-state index contributed by atoms with van der Waals surface area (Å²) in [6, 6.07) is 14.2. The molecule has 15 heavy (non-hydrogen) atoms. The standard InChI is InChI=1S/C13H14N2/c1-11-7-3-4-8-12(11)15(2)13-9-5-6-10-14-13/h3-10H,1-2H3. The van der Waals surface area contributed by atoms with E-state index in [1.165, 1.54) is 11.3 Å². The lowest BCUT2D eigenvalue weighted by atomic mass is 10.2. The topological polar surface area (TPSA) is 16.1 Å². The Kier molecular flexibility index (Phi) is 2.68. The molecule has 0 N–H and O–H groups in total. The molecule has 0 fully saturated rings. The summed E-state index contributed by atoms with van der Waals surface area (Å²) in [5.41, 5.74) is 2.45. The van der Waals surface area contributed by atoms with Crippen LogP contribution in [0.25, 0.3) is 0 Å². The van der Waals surface area contributed by atoms with E-state index in [4.69, 9.17) is 0 Å². The molecule has 0 saturated carbocycles. The van der Waals surface area contributed by atoms with E-state index in [-0.39, 0.29) is 0 Å². The Balaban J connectivity index is 2.37. The molecule has 1 aromatic heterocycles. The van der Waals surface area contributed by atoms with Crippen molar-refractivity contribution in [3.63, 3.8) is 0 Å². The van der Waals surface area contributed by atoms with E-state index >= 15 is 0 Å². The number of aromatic nitrogens is 1. The molecule has 0 amide bonds. The maximum atomic E-state index is 4.32. The van der Waals surface area contributed by atoms with E-state index in [1.807, 2.05) is 43.6 Å². The minimum atomic E-state index is 0.965. The number of hydrogen-bond acceptors (Lipinski definition) is 2. The van der Waals surface area contributed by atoms with Gasteiger partial charge in [-0.1, -0.05) is 24.3 Å². The molecule has 2 heteroatoms. The highest BCUT2D eigenvalue weighted by atomic mass is 15.2. The average Bonchev–Trinajstić information content (AvgIpc) is 2.30. The first kappa shape index (κ1) is 9.71. The smallest absolute Gasteiger partial charge is 0.132 e. The van der Waals surface area contributed by atoms with Gasteiger partial charge in [0.1, 0.15) is 5.82 Å². The van der Waals surface area contributed by atoms with Crippen LogP contribution in [0.15, 0.2) is 48.7 Å². The maximum absolute atomic E-state index is 4.32. The van der Waals surface area contributed by atoms with Crippen LogP contribution in [-0.4, -0.2) is 12.0 Å². The quantitative estimate of drug-likeness (QED) is 0.736. The highest BCUT2D eigenvalue weighted by molar-refractivity contribution is 5.62. The van der Waals surface area contributed by atoms with E-state index in [1.54, 1.807) is 0 Å². The summed E-state index contributed by atoms with van der Waals surface area (Å²) < 4.78 is 0. The van der Waals surface area contributed by atoms with Gasteiger partial charge in [0.25, 0.3) is 0 Å². The van der Waals surface area contributed by atoms with Gasteiger partial charge in [-0.05, 0) is 30.7 Å². The van der Waals surface area contributed by atoms with Gasteiger partial charge in [-0.3, -0.25) is 0 Å². The molecule has 0 unspecified atom stereocenters. The van der Waals surface area contributed by atoms with Crippen LogP contribution < -0.4 is 4.90 Å². The van der Waals surface area contributed by atoms with E-state index in [2.05, 4.69) is 28.9 Å². The number of nitrogens with zero attached hydrogens (tertiary/aromatic N) is 2. The summed E-state index contributed by atoms with van der Waals surface area (Å²) in [6.45, 7) is 2.11. The summed E-state index contributed by atoms with van der Waals surface area (Å²) in [5.74, 6) is 0.965. The summed E-state index contributed by atoms with van der Waals surface area (Å²) in [5, 5.41) is 0. The zero-order chi connectivity index (χ0) is 10.7. The molecule has 2 rings (SSSR count). The van der Waals surface area contributed by atoms with Crippen LogP contribution in [0.2, 0.25) is 0 Å². The first-order valence-corrected chi connectivity index (χ1v) is 4.99. The number of para-hydroxylation sites is 1. The molecule has 1 aromatic carbocycles. The fourth-order valence-electron chi connectivity index (χ4n) is 1.62. The lowest BCUT2D eigenvalue weighted by Crippen LogP contribution is -2.11. The predicted molar refractivity (Wildman–Crippen MR) is 63.5 cm³/mol. The first-order valence-electron chi connectivity index (χ1n) is 4.99. The molecule has 2 nitrogen and oxygen atoms in total. The molecular weight excluding hydrogens is 184 g/mol. The van der Waals surface area contributed by atoms with Gasteiger partial charge in [0.2, 0.25) is 0 Å². The minimum Gasteiger partial charge on any atom is -0.329 e. The lowest BCUT2D eigenvalue weighted by Gasteiger charge is -2.19. The van der Waals surface area contributed by atoms with Gasteiger partial charge in [0, 0.05) is 18.9 Å². The lowest BCUT2D eigenvalue weighted by molar-refractivity contribution is 1.11. The van der Waals surface area contributed by atoms with E-state index in [9.17, 15) is 0 Å². The Labute approximate surface area is 90.2 Å². The number of pyridine rings is 1. The molecule has 2 aromatic rings. The predicted octanol–water partition coefficient (Wildman–Crippen LogP) is 3.16. The van der Waals surface area contributed by atoms with Gasteiger partial charge in [0.15, 0.2) is 0 Å². The van der Waals surface area contributed by atoms with Crippen LogP contribution >= 0.6 is 0 Å². The normalized spacial score (nSPS) is 10.0. The van der Waals surface area contributed by atoms with Crippen molar-refractivity contribution < 1.29 is 0 Å². The van der Waals surface area contributed by atoms with Crippen LogP contribution in [-0.2, 0) is 0 Å². The van der Waals surface area contributed by atoms with Crippen molar-refractivity contribution in [2.75, 3.05) is 11.9 Å². The molecule has 1 heterocycles. The Morgan fingerprint density at radius 1 is 1.00 bits per heavy atom. The van der Waals surface area contributed by atoms with Crippen molar-refractivity contribution in [3.05, 3.63) is 54.2 Å². The maximum Gasteiger partial charge on any atom is 0.132 e. The Morgan fingerprint density at radius 3 is 2.40 bits per heavy atom. The van der Waals surface area contributed by atoms with Gasteiger partial charge in [-0.15, -0.1) is 0 Å².